The van der Waals surface area contributed by atoms with Crippen LogP contribution in [0.5, 0.6) is 0 Å². The molecule has 136 valence electrons. The van der Waals surface area contributed by atoms with Crippen LogP contribution in [0.4, 0.5) is 5.88 Å². The molecule has 1 aromatic carbocycles. The lowest BCUT2D eigenvalue weighted by molar-refractivity contribution is -0.117. The number of carbonyl (C=O) groups excluding carboxylic acids is 1. The van der Waals surface area contributed by atoms with Gasteiger partial charge in [-0.1, -0.05) is 29.8 Å². The zero-order valence-electron chi connectivity index (χ0n) is 14.7. The second-order valence-corrected chi connectivity index (χ2v) is 6.59. The Morgan fingerprint density at radius 1 is 1.31 bits per heavy atom. The molecule has 3 rings (SSSR count). The van der Waals surface area contributed by atoms with Gasteiger partial charge < -0.3 is 4.42 Å². The number of hydrogen-bond donors (Lipinski definition) is 2. The van der Waals surface area contributed by atoms with Crippen LogP contribution in [0.15, 0.2) is 33.5 Å². The van der Waals surface area contributed by atoms with Crippen molar-refractivity contribution >= 4 is 34.2 Å². The first-order chi connectivity index (χ1) is 12.4. The van der Waals surface area contributed by atoms with Gasteiger partial charge in [0, 0.05) is 11.6 Å². The van der Waals surface area contributed by atoms with Crippen molar-refractivity contribution < 1.29 is 9.21 Å². The SMILES string of the molecule is Cc1n[nH]c(=O)c2c(NC(=O)CN(C)Cc3ccccc3Cl)oc(C)c12. The maximum absolute atomic E-state index is 12.4. The maximum atomic E-state index is 12.4. The Bertz CT molecular complexity index is 1020. The summed E-state index contributed by atoms with van der Waals surface area (Å²) in [6, 6.07) is 7.48. The number of aromatic nitrogens is 2. The summed E-state index contributed by atoms with van der Waals surface area (Å²) in [4.78, 5) is 26.3. The summed E-state index contributed by atoms with van der Waals surface area (Å²) in [5, 5.41) is 10.6. The van der Waals surface area contributed by atoms with Gasteiger partial charge in [-0.15, -0.1) is 0 Å². The Hall–Kier alpha value is -2.64. The van der Waals surface area contributed by atoms with E-state index in [1.165, 1.54) is 0 Å². The third-order valence-corrected chi connectivity index (χ3v) is 4.43. The molecule has 3 aromatic rings. The fourth-order valence-corrected chi connectivity index (χ4v) is 3.11. The predicted molar refractivity (Wildman–Crippen MR) is 101 cm³/mol. The Kier molecular flexibility index (Phi) is 5.11. The van der Waals surface area contributed by atoms with E-state index < -0.39 is 5.56 Å². The number of likely N-dealkylation sites (N-methyl/N-ethyl adjacent to an activating group) is 1. The number of H-pyrrole nitrogens is 1. The number of carbonyl (C=O) groups is 1. The van der Waals surface area contributed by atoms with Crippen LogP contribution in [0.2, 0.25) is 5.02 Å². The van der Waals surface area contributed by atoms with Crippen molar-refractivity contribution in [3.8, 4) is 0 Å². The van der Waals surface area contributed by atoms with Crippen LogP contribution in [0.1, 0.15) is 17.0 Å². The largest absolute Gasteiger partial charge is 0.444 e. The number of aryl methyl sites for hydroxylation is 2. The van der Waals surface area contributed by atoms with Gasteiger partial charge in [0.1, 0.15) is 11.1 Å². The average molecular weight is 375 g/mol. The predicted octanol–water partition coefficient (Wildman–Crippen LogP) is 2.86. The average Bonchev–Trinajstić information content (AvgIpc) is 2.90. The normalized spacial score (nSPS) is 11.3. The van der Waals surface area contributed by atoms with E-state index >= 15 is 0 Å². The highest BCUT2D eigenvalue weighted by Crippen LogP contribution is 2.28. The summed E-state index contributed by atoms with van der Waals surface area (Å²) >= 11 is 6.15. The molecule has 0 spiro atoms. The Balaban J connectivity index is 1.75. The quantitative estimate of drug-likeness (QED) is 0.716. The van der Waals surface area contributed by atoms with Gasteiger partial charge in [0.15, 0.2) is 0 Å². The molecular formula is C18H19ClN4O3. The summed E-state index contributed by atoms with van der Waals surface area (Å²) < 4.78 is 5.58. The van der Waals surface area contributed by atoms with Crippen LogP contribution < -0.4 is 10.9 Å². The fraction of sp³-hybridized carbons (Fsp3) is 0.278. The highest BCUT2D eigenvalue weighted by molar-refractivity contribution is 6.31. The number of amides is 1. The van der Waals surface area contributed by atoms with E-state index in [9.17, 15) is 9.59 Å². The number of anilines is 1. The molecule has 0 atom stereocenters. The van der Waals surface area contributed by atoms with E-state index in [2.05, 4.69) is 15.5 Å². The minimum Gasteiger partial charge on any atom is -0.444 e. The highest BCUT2D eigenvalue weighted by Gasteiger charge is 2.19. The number of hydrogen-bond acceptors (Lipinski definition) is 5. The smallest absolute Gasteiger partial charge is 0.277 e. The van der Waals surface area contributed by atoms with E-state index in [1.54, 1.807) is 13.8 Å². The molecule has 0 unspecified atom stereocenters. The van der Waals surface area contributed by atoms with E-state index in [1.807, 2.05) is 36.2 Å². The molecule has 0 radical (unpaired) electrons. The van der Waals surface area contributed by atoms with Gasteiger partial charge in [-0.3, -0.25) is 19.8 Å². The van der Waals surface area contributed by atoms with Crippen molar-refractivity contribution in [3.05, 3.63) is 56.7 Å². The first-order valence-electron chi connectivity index (χ1n) is 8.07. The lowest BCUT2D eigenvalue weighted by Gasteiger charge is -2.16. The molecule has 0 bridgehead atoms. The van der Waals surface area contributed by atoms with Gasteiger partial charge in [-0.25, -0.2) is 5.10 Å². The van der Waals surface area contributed by atoms with Crippen molar-refractivity contribution in [2.45, 2.75) is 20.4 Å². The lowest BCUT2D eigenvalue weighted by Crippen LogP contribution is -2.30. The topological polar surface area (TPSA) is 91.2 Å². The fourth-order valence-electron chi connectivity index (χ4n) is 2.92. The standard InChI is InChI=1S/C18H19ClN4O3/c1-10-15-11(2)26-18(16(15)17(25)22-21-10)20-14(24)9-23(3)8-12-6-4-5-7-13(12)19/h4-7H,8-9H2,1-3H3,(H,20,24)(H,22,25). The second kappa shape index (κ2) is 7.31. The molecule has 2 aromatic heterocycles. The third kappa shape index (κ3) is 3.63. The monoisotopic (exact) mass is 374 g/mol. The van der Waals surface area contributed by atoms with Crippen LogP contribution in [-0.4, -0.2) is 34.6 Å². The summed E-state index contributed by atoms with van der Waals surface area (Å²) in [6.45, 7) is 4.14. The molecule has 0 saturated heterocycles. The van der Waals surface area contributed by atoms with Crippen molar-refractivity contribution in [1.82, 2.24) is 15.1 Å². The highest BCUT2D eigenvalue weighted by atomic mass is 35.5. The third-order valence-electron chi connectivity index (χ3n) is 4.06. The van der Waals surface area contributed by atoms with E-state index in [0.717, 1.165) is 5.56 Å². The van der Waals surface area contributed by atoms with Gasteiger partial charge in [-0.05, 0) is 32.5 Å². The summed E-state index contributed by atoms with van der Waals surface area (Å²) in [7, 11) is 1.81. The van der Waals surface area contributed by atoms with Crippen molar-refractivity contribution in [2.75, 3.05) is 18.9 Å². The molecule has 1 amide bonds. The van der Waals surface area contributed by atoms with Crippen LogP contribution in [0.25, 0.3) is 10.8 Å². The van der Waals surface area contributed by atoms with Crippen LogP contribution in [0, 0.1) is 13.8 Å². The zero-order valence-corrected chi connectivity index (χ0v) is 15.5. The first-order valence-corrected chi connectivity index (χ1v) is 8.44. The molecule has 0 fully saturated rings. The van der Waals surface area contributed by atoms with E-state index in [0.29, 0.717) is 33.8 Å². The number of fused-ring (bicyclic) bond motifs is 1. The van der Waals surface area contributed by atoms with Crippen molar-refractivity contribution in [2.24, 2.45) is 0 Å². The Morgan fingerprint density at radius 3 is 2.77 bits per heavy atom. The molecular weight excluding hydrogens is 356 g/mol. The summed E-state index contributed by atoms with van der Waals surface area (Å²) in [6.07, 6.45) is 0. The number of benzene rings is 1. The number of nitrogens with zero attached hydrogens (tertiary/aromatic N) is 2. The minimum atomic E-state index is -0.401. The van der Waals surface area contributed by atoms with Gasteiger partial charge >= 0.3 is 0 Å². The van der Waals surface area contributed by atoms with Crippen LogP contribution in [-0.2, 0) is 11.3 Å². The van der Waals surface area contributed by atoms with E-state index in [-0.39, 0.29) is 18.3 Å². The number of furan rings is 1. The first kappa shape index (κ1) is 18.2. The molecule has 8 heteroatoms. The molecule has 26 heavy (non-hydrogen) atoms. The van der Waals surface area contributed by atoms with Gasteiger partial charge in [0.25, 0.3) is 5.56 Å². The molecule has 0 aliphatic rings. The van der Waals surface area contributed by atoms with Crippen LogP contribution >= 0.6 is 11.6 Å². The van der Waals surface area contributed by atoms with E-state index in [4.69, 9.17) is 16.0 Å². The van der Waals surface area contributed by atoms with Gasteiger partial charge in [0.05, 0.1) is 17.6 Å². The molecule has 0 saturated carbocycles. The molecule has 0 aliphatic carbocycles. The molecule has 2 heterocycles. The minimum absolute atomic E-state index is 0.119. The number of rotatable bonds is 5. The molecule has 0 aliphatic heterocycles. The zero-order chi connectivity index (χ0) is 18.8. The maximum Gasteiger partial charge on any atom is 0.277 e. The molecule has 2 N–H and O–H groups in total. The number of halogens is 1. The van der Waals surface area contributed by atoms with Gasteiger partial charge in [0.2, 0.25) is 11.8 Å². The van der Waals surface area contributed by atoms with Gasteiger partial charge in [-0.2, -0.15) is 5.10 Å². The van der Waals surface area contributed by atoms with Crippen molar-refractivity contribution in [1.29, 1.82) is 0 Å². The lowest BCUT2D eigenvalue weighted by atomic mass is 10.2. The summed E-state index contributed by atoms with van der Waals surface area (Å²) in [5.41, 5.74) is 1.17. The number of nitrogens with one attached hydrogen (secondary N) is 2. The number of aromatic amines is 1. The Morgan fingerprint density at radius 2 is 2.04 bits per heavy atom. The second-order valence-electron chi connectivity index (χ2n) is 6.19. The Labute approximate surface area is 154 Å². The van der Waals surface area contributed by atoms with Crippen molar-refractivity contribution in [3.63, 3.8) is 0 Å². The summed E-state index contributed by atoms with van der Waals surface area (Å²) in [5.74, 6) is 0.389. The van der Waals surface area contributed by atoms with Crippen LogP contribution in [0.3, 0.4) is 0 Å². The molecule has 7 nitrogen and oxygen atoms in total.